The quantitative estimate of drug-likeness (QED) is 0.190. The Balaban J connectivity index is 1.59. The first-order chi connectivity index (χ1) is 16.0. The highest BCUT2D eigenvalue weighted by Gasteiger charge is 2.17. The fourth-order valence-corrected chi connectivity index (χ4v) is 4.93. The molecule has 0 spiro atoms. The molecule has 7 nitrogen and oxygen atoms in total. The van der Waals surface area contributed by atoms with E-state index in [9.17, 15) is 4.79 Å². The van der Waals surface area contributed by atoms with Crippen molar-refractivity contribution in [3.05, 3.63) is 83.4 Å². The first-order valence-corrected chi connectivity index (χ1v) is 12.3. The van der Waals surface area contributed by atoms with E-state index in [-0.39, 0.29) is 11.5 Å². The number of aromatic nitrogens is 5. The molecule has 168 valence electrons. The number of carbonyl (C=O) groups is 1. The maximum absolute atomic E-state index is 12.6. The number of hydrogen-bond donors (Lipinski definition) is 0. The van der Waals surface area contributed by atoms with Crippen LogP contribution in [0.15, 0.2) is 71.0 Å². The molecule has 0 aliphatic rings. The lowest BCUT2D eigenvalue weighted by Crippen LogP contribution is -2.06. The van der Waals surface area contributed by atoms with Crippen LogP contribution in [0.3, 0.4) is 0 Å². The van der Waals surface area contributed by atoms with E-state index >= 15 is 0 Å². The maximum atomic E-state index is 12.6. The monoisotopic (exact) mass is 477 g/mol. The van der Waals surface area contributed by atoms with Crippen molar-refractivity contribution in [1.82, 2.24) is 24.7 Å². The van der Waals surface area contributed by atoms with Crippen molar-refractivity contribution in [3.8, 4) is 11.4 Å². The summed E-state index contributed by atoms with van der Waals surface area (Å²) in [6.07, 6.45) is 0. The molecule has 2 heterocycles. The van der Waals surface area contributed by atoms with E-state index in [1.165, 1.54) is 23.5 Å². The van der Waals surface area contributed by atoms with Crippen LogP contribution in [0.2, 0.25) is 0 Å². The number of ketones is 1. The lowest BCUT2D eigenvalue weighted by molar-refractivity contribution is 0.102. The first kappa shape index (κ1) is 23.0. The van der Waals surface area contributed by atoms with Gasteiger partial charge >= 0.3 is 0 Å². The van der Waals surface area contributed by atoms with Crippen LogP contribution in [0.4, 0.5) is 0 Å². The van der Waals surface area contributed by atoms with Crippen molar-refractivity contribution in [2.75, 3.05) is 12.9 Å². The van der Waals surface area contributed by atoms with Crippen LogP contribution in [-0.4, -0.2) is 43.4 Å². The number of carbonyl (C=O) groups excluding carboxylic acids is 1. The Kier molecular flexibility index (Phi) is 7.41. The van der Waals surface area contributed by atoms with E-state index in [0.717, 1.165) is 28.6 Å². The Labute approximate surface area is 201 Å². The summed E-state index contributed by atoms with van der Waals surface area (Å²) in [6, 6.07) is 18.9. The predicted octanol–water partition coefficient (Wildman–Crippen LogP) is 4.95. The molecule has 0 aliphatic carbocycles. The zero-order valence-corrected chi connectivity index (χ0v) is 20.2. The summed E-state index contributed by atoms with van der Waals surface area (Å²) in [4.78, 5) is 21.6. The van der Waals surface area contributed by atoms with Gasteiger partial charge in [0.1, 0.15) is 11.6 Å². The van der Waals surface area contributed by atoms with Gasteiger partial charge in [0.25, 0.3) is 0 Å². The number of rotatable bonds is 9. The summed E-state index contributed by atoms with van der Waals surface area (Å²) in [5.41, 5.74) is 3.44. The molecule has 33 heavy (non-hydrogen) atoms. The molecule has 0 N–H and O–H groups in total. The molecule has 0 radical (unpaired) electrons. The fraction of sp³-hybridized carbons (Fsp3) is 0.208. The van der Waals surface area contributed by atoms with Gasteiger partial charge in [-0.05, 0) is 44.2 Å². The van der Waals surface area contributed by atoms with Crippen molar-refractivity contribution >= 4 is 29.3 Å². The average Bonchev–Trinajstić information content (AvgIpc) is 3.24. The van der Waals surface area contributed by atoms with Gasteiger partial charge in [-0.1, -0.05) is 53.9 Å². The highest BCUT2D eigenvalue weighted by molar-refractivity contribution is 7.99. The molecule has 2 aromatic heterocycles. The second-order valence-corrected chi connectivity index (χ2v) is 9.12. The molecule has 0 fully saturated rings. The molecule has 4 rings (SSSR count). The molecule has 0 unspecified atom stereocenters. The zero-order valence-electron chi connectivity index (χ0n) is 18.6. The number of benzene rings is 2. The van der Waals surface area contributed by atoms with Crippen molar-refractivity contribution in [3.63, 3.8) is 0 Å². The number of aryl methyl sites for hydroxylation is 2. The third kappa shape index (κ3) is 5.80. The third-order valence-electron chi connectivity index (χ3n) is 4.75. The molecule has 4 aromatic rings. The summed E-state index contributed by atoms with van der Waals surface area (Å²) in [7, 11) is 1.64. The van der Waals surface area contributed by atoms with Crippen LogP contribution < -0.4 is 4.74 Å². The topological polar surface area (TPSA) is 82.8 Å². The van der Waals surface area contributed by atoms with E-state index in [4.69, 9.17) is 4.74 Å². The van der Waals surface area contributed by atoms with Gasteiger partial charge in [-0.15, -0.1) is 10.2 Å². The van der Waals surface area contributed by atoms with Crippen molar-refractivity contribution in [2.45, 2.75) is 29.9 Å². The number of thioether (sulfide) groups is 2. The number of Topliss-reactive ketones (excluding diaryl/α,β-unsaturated/α-hetero) is 1. The van der Waals surface area contributed by atoms with Gasteiger partial charge in [0.05, 0.1) is 18.6 Å². The zero-order chi connectivity index (χ0) is 23.2. The van der Waals surface area contributed by atoms with Crippen LogP contribution >= 0.6 is 23.5 Å². The second kappa shape index (κ2) is 10.6. The Morgan fingerprint density at radius 2 is 1.64 bits per heavy atom. The Morgan fingerprint density at radius 1 is 0.939 bits per heavy atom. The van der Waals surface area contributed by atoms with E-state index in [0.29, 0.717) is 21.6 Å². The summed E-state index contributed by atoms with van der Waals surface area (Å²) in [5, 5.41) is 10.2. The summed E-state index contributed by atoms with van der Waals surface area (Å²) in [5.74, 6) is 2.37. The number of nitrogens with zero attached hydrogens (tertiary/aromatic N) is 5. The van der Waals surface area contributed by atoms with Crippen LogP contribution in [0.1, 0.15) is 27.6 Å². The van der Waals surface area contributed by atoms with E-state index in [1.54, 1.807) is 7.11 Å². The number of ether oxygens (including phenoxy) is 1. The van der Waals surface area contributed by atoms with Gasteiger partial charge in [0.2, 0.25) is 0 Å². The van der Waals surface area contributed by atoms with Crippen molar-refractivity contribution in [1.29, 1.82) is 0 Å². The largest absolute Gasteiger partial charge is 0.497 e. The molecule has 0 saturated carbocycles. The Morgan fingerprint density at radius 3 is 2.30 bits per heavy atom. The highest BCUT2D eigenvalue weighted by Crippen LogP contribution is 2.27. The molecule has 0 bridgehead atoms. The summed E-state index contributed by atoms with van der Waals surface area (Å²) in [6.45, 7) is 3.91. The highest BCUT2D eigenvalue weighted by atomic mass is 32.2. The minimum Gasteiger partial charge on any atom is -0.497 e. The minimum absolute atomic E-state index is 0.0458. The SMILES string of the molecule is COc1ccc(-n2c(CSc3nc(C)cc(C)n3)nnc2SCC(=O)c2ccccc2)cc1. The van der Waals surface area contributed by atoms with Crippen LogP contribution in [0.25, 0.3) is 5.69 Å². The molecule has 0 saturated heterocycles. The smallest absolute Gasteiger partial charge is 0.196 e. The van der Waals surface area contributed by atoms with Crippen LogP contribution in [-0.2, 0) is 5.75 Å². The second-order valence-electron chi connectivity index (χ2n) is 7.23. The van der Waals surface area contributed by atoms with Gasteiger partial charge in [0.15, 0.2) is 16.1 Å². The van der Waals surface area contributed by atoms with Crippen LogP contribution in [0, 0.1) is 13.8 Å². The lowest BCUT2D eigenvalue weighted by Gasteiger charge is -2.11. The maximum Gasteiger partial charge on any atom is 0.196 e. The Bertz CT molecular complexity index is 1220. The summed E-state index contributed by atoms with van der Waals surface area (Å²) >= 11 is 2.88. The summed E-state index contributed by atoms with van der Waals surface area (Å²) < 4.78 is 7.26. The molecule has 0 atom stereocenters. The first-order valence-electron chi connectivity index (χ1n) is 10.3. The molecular formula is C24H23N5O2S2. The molecule has 0 amide bonds. The normalized spacial score (nSPS) is 10.9. The average molecular weight is 478 g/mol. The van der Waals surface area contributed by atoms with Gasteiger partial charge in [-0.2, -0.15) is 0 Å². The lowest BCUT2D eigenvalue weighted by atomic mass is 10.2. The Hall–Kier alpha value is -3.17. The number of methoxy groups -OCH3 is 1. The van der Waals surface area contributed by atoms with Crippen molar-refractivity contribution < 1.29 is 9.53 Å². The van der Waals surface area contributed by atoms with Gasteiger partial charge in [0, 0.05) is 22.6 Å². The third-order valence-corrected chi connectivity index (χ3v) is 6.52. The molecular weight excluding hydrogens is 454 g/mol. The predicted molar refractivity (Wildman–Crippen MR) is 130 cm³/mol. The van der Waals surface area contributed by atoms with E-state index < -0.39 is 0 Å². The molecule has 2 aromatic carbocycles. The molecule has 0 aliphatic heterocycles. The van der Waals surface area contributed by atoms with E-state index in [1.807, 2.05) is 79.1 Å². The fourth-order valence-electron chi connectivity index (χ4n) is 3.20. The van der Waals surface area contributed by atoms with Gasteiger partial charge in [-0.3, -0.25) is 9.36 Å². The standard InChI is InChI=1S/C24H23N5O2S2/c1-16-13-17(2)26-23(25-16)32-15-22-27-28-24(29(22)19-9-11-20(31-3)12-10-19)33-14-21(30)18-7-5-4-6-8-18/h4-13H,14-15H2,1-3H3. The van der Waals surface area contributed by atoms with Crippen LogP contribution in [0.5, 0.6) is 5.75 Å². The minimum atomic E-state index is 0.0458. The van der Waals surface area contributed by atoms with Gasteiger partial charge in [-0.25, -0.2) is 9.97 Å². The van der Waals surface area contributed by atoms with E-state index in [2.05, 4.69) is 20.2 Å². The number of hydrogen-bond acceptors (Lipinski definition) is 8. The van der Waals surface area contributed by atoms with Gasteiger partial charge < -0.3 is 4.74 Å². The molecule has 9 heteroatoms. The van der Waals surface area contributed by atoms with Crippen molar-refractivity contribution in [2.24, 2.45) is 0 Å².